The fraction of sp³-hybridized carbons (Fsp3) is 0.462. The molecular weight excluding hydrogens is 278 g/mol. The maximum atomic E-state index is 11.4. The van der Waals surface area contributed by atoms with Gasteiger partial charge in [-0.3, -0.25) is 0 Å². The standard InChI is InChI=1S/C13H21N3O3S/c1-3-20(18,19)10-6-9-16(2)12-8-5-4-7-11(12)13(14)15-17/h4-5,7-8,17H,3,6,9-10H2,1-2H3,(H2,14,15). The smallest absolute Gasteiger partial charge is 0.172 e. The fourth-order valence-electron chi connectivity index (χ4n) is 1.86. The molecule has 1 rings (SSSR count). The molecule has 0 spiro atoms. The summed E-state index contributed by atoms with van der Waals surface area (Å²) in [6.07, 6.45) is 0.539. The van der Waals surface area contributed by atoms with E-state index in [1.807, 2.05) is 24.1 Å². The molecule has 3 N–H and O–H groups in total. The van der Waals surface area contributed by atoms with Crippen LogP contribution in [0.15, 0.2) is 29.4 Å². The third-order valence-electron chi connectivity index (χ3n) is 3.09. The first-order valence-electron chi connectivity index (χ1n) is 6.39. The molecule has 0 fully saturated rings. The zero-order chi connectivity index (χ0) is 15.2. The highest BCUT2D eigenvalue weighted by Gasteiger charge is 2.12. The molecule has 0 aromatic heterocycles. The summed E-state index contributed by atoms with van der Waals surface area (Å²) in [6.45, 7) is 2.22. The summed E-state index contributed by atoms with van der Waals surface area (Å²) in [7, 11) is -1.09. The third-order valence-corrected chi connectivity index (χ3v) is 4.88. The Labute approximate surface area is 119 Å². The lowest BCUT2D eigenvalue weighted by Crippen LogP contribution is -2.25. The minimum absolute atomic E-state index is 0.0358. The van der Waals surface area contributed by atoms with E-state index in [1.54, 1.807) is 19.1 Å². The molecule has 0 saturated carbocycles. The van der Waals surface area contributed by atoms with Crippen LogP contribution in [0.2, 0.25) is 0 Å². The molecule has 0 bridgehead atoms. The molecule has 1 aromatic rings. The summed E-state index contributed by atoms with van der Waals surface area (Å²) in [6, 6.07) is 7.25. The number of hydrogen-bond acceptors (Lipinski definition) is 5. The Hall–Kier alpha value is -1.76. The predicted octanol–water partition coefficient (Wildman–Crippen LogP) is 1.04. The number of amidine groups is 1. The second kappa shape index (κ2) is 7.14. The van der Waals surface area contributed by atoms with Gasteiger partial charge < -0.3 is 15.8 Å². The van der Waals surface area contributed by atoms with Gasteiger partial charge in [0.2, 0.25) is 0 Å². The molecular formula is C13H21N3O3S. The highest BCUT2D eigenvalue weighted by Crippen LogP contribution is 2.19. The maximum Gasteiger partial charge on any atom is 0.172 e. The van der Waals surface area contributed by atoms with Crippen molar-refractivity contribution < 1.29 is 13.6 Å². The quantitative estimate of drug-likeness (QED) is 0.339. The van der Waals surface area contributed by atoms with E-state index in [4.69, 9.17) is 10.9 Å². The van der Waals surface area contributed by atoms with Crippen LogP contribution in [0, 0.1) is 0 Å². The molecule has 6 nitrogen and oxygen atoms in total. The number of sulfone groups is 1. The van der Waals surface area contributed by atoms with E-state index in [9.17, 15) is 8.42 Å². The van der Waals surface area contributed by atoms with E-state index in [0.29, 0.717) is 18.5 Å². The summed E-state index contributed by atoms with van der Waals surface area (Å²) < 4.78 is 22.9. The second-order valence-electron chi connectivity index (χ2n) is 4.51. The molecule has 0 radical (unpaired) electrons. The van der Waals surface area contributed by atoms with Crippen molar-refractivity contribution in [2.75, 3.05) is 30.0 Å². The first-order chi connectivity index (χ1) is 9.41. The van der Waals surface area contributed by atoms with Crippen LogP contribution in [0.1, 0.15) is 18.9 Å². The fourth-order valence-corrected chi connectivity index (χ4v) is 2.72. The number of para-hydroxylation sites is 1. The molecule has 0 amide bonds. The van der Waals surface area contributed by atoms with Crippen molar-refractivity contribution in [2.24, 2.45) is 10.9 Å². The number of oxime groups is 1. The van der Waals surface area contributed by atoms with E-state index >= 15 is 0 Å². The van der Waals surface area contributed by atoms with E-state index in [1.165, 1.54) is 0 Å². The number of nitrogens with two attached hydrogens (primary N) is 1. The van der Waals surface area contributed by atoms with E-state index < -0.39 is 9.84 Å². The molecule has 20 heavy (non-hydrogen) atoms. The first-order valence-corrected chi connectivity index (χ1v) is 8.22. The van der Waals surface area contributed by atoms with E-state index in [-0.39, 0.29) is 17.3 Å². The summed E-state index contributed by atoms with van der Waals surface area (Å²) in [5, 5.41) is 11.8. The normalized spacial score (nSPS) is 12.4. The molecule has 0 aliphatic heterocycles. The molecule has 0 unspecified atom stereocenters. The maximum absolute atomic E-state index is 11.4. The van der Waals surface area contributed by atoms with Crippen molar-refractivity contribution in [1.82, 2.24) is 0 Å². The van der Waals surface area contributed by atoms with Crippen LogP contribution in [0.3, 0.4) is 0 Å². The van der Waals surface area contributed by atoms with Crippen molar-refractivity contribution in [3.63, 3.8) is 0 Å². The summed E-state index contributed by atoms with van der Waals surface area (Å²) in [5.74, 6) is 0.366. The number of hydrogen-bond donors (Lipinski definition) is 2. The zero-order valence-electron chi connectivity index (χ0n) is 11.8. The van der Waals surface area contributed by atoms with Gasteiger partial charge in [-0.25, -0.2) is 8.42 Å². The van der Waals surface area contributed by atoms with Crippen LogP contribution in [-0.2, 0) is 9.84 Å². The Morgan fingerprint density at radius 3 is 2.65 bits per heavy atom. The first kappa shape index (κ1) is 16.3. The van der Waals surface area contributed by atoms with Crippen molar-refractivity contribution in [3.05, 3.63) is 29.8 Å². The molecule has 0 aliphatic carbocycles. The van der Waals surface area contributed by atoms with Crippen LogP contribution >= 0.6 is 0 Å². The van der Waals surface area contributed by atoms with Crippen molar-refractivity contribution in [2.45, 2.75) is 13.3 Å². The van der Waals surface area contributed by atoms with Gasteiger partial charge in [0.05, 0.1) is 5.75 Å². The highest BCUT2D eigenvalue weighted by molar-refractivity contribution is 7.91. The van der Waals surface area contributed by atoms with Gasteiger partial charge in [-0.2, -0.15) is 0 Å². The van der Waals surface area contributed by atoms with Crippen LogP contribution in [0.5, 0.6) is 0 Å². The van der Waals surface area contributed by atoms with Gasteiger partial charge in [-0.05, 0) is 18.6 Å². The third kappa shape index (κ3) is 4.41. The van der Waals surface area contributed by atoms with Gasteiger partial charge in [0.25, 0.3) is 0 Å². The number of rotatable bonds is 7. The van der Waals surface area contributed by atoms with Crippen LogP contribution in [0.4, 0.5) is 5.69 Å². The summed E-state index contributed by atoms with van der Waals surface area (Å²) in [5.41, 5.74) is 7.05. The molecule has 1 aromatic carbocycles. The molecule has 7 heteroatoms. The zero-order valence-corrected chi connectivity index (χ0v) is 12.6. The van der Waals surface area contributed by atoms with Crippen LogP contribution in [0.25, 0.3) is 0 Å². The van der Waals surface area contributed by atoms with Gasteiger partial charge in [0.15, 0.2) is 5.84 Å². The Kier molecular flexibility index (Phi) is 5.82. The Balaban J connectivity index is 2.76. The number of anilines is 1. The van der Waals surface area contributed by atoms with Gasteiger partial charge in [0, 0.05) is 30.6 Å². The monoisotopic (exact) mass is 299 g/mol. The summed E-state index contributed by atoms with van der Waals surface area (Å²) >= 11 is 0. The minimum Gasteiger partial charge on any atom is -0.409 e. The average Bonchev–Trinajstić information content (AvgIpc) is 2.46. The van der Waals surface area contributed by atoms with Gasteiger partial charge in [-0.15, -0.1) is 0 Å². The van der Waals surface area contributed by atoms with Gasteiger partial charge in [-0.1, -0.05) is 24.2 Å². The lowest BCUT2D eigenvalue weighted by atomic mass is 10.1. The van der Waals surface area contributed by atoms with Gasteiger partial charge >= 0.3 is 0 Å². The van der Waals surface area contributed by atoms with Crippen molar-refractivity contribution in [1.29, 1.82) is 0 Å². The van der Waals surface area contributed by atoms with Gasteiger partial charge in [0.1, 0.15) is 9.84 Å². The van der Waals surface area contributed by atoms with Crippen LogP contribution in [-0.4, -0.2) is 44.6 Å². The highest BCUT2D eigenvalue weighted by atomic mass is 32.2. The topological polar surface area (TPSA) is 96.0 Å². The Morgan fingerprint density at radius 1 is 1.40 bits per heavy atom. The minimum atomic E-state index is -2.94. The Bertz CT molecular complexity index is 570. The second-order valence-corrected chi connectivity index (χ2v) is 6.99. The molecule has 0 atom stereocenters. The molecule has 112 valence electrons. The number of benzene rings is 1. The lowest BCUT2D eigenvalue weighted by molar-refractivity contribution is 0.318. The van der Waals surface area contributed by atoms with E-state index in [2.05, 4.69) is 5.16 Å². The Morgan fingerprint density at radius 2 is 2.05 bits per heavy atom. The number of nitrogens with zero attached hydrogens (tertiary/aromatic N) is 2. The SMILES string of the molecule is CCS(=O)(=O)CCCN(C)c1ccccc1/C(N)=N/O. The molecule has 0 heterocycles. The molecule has 0 saturated heterocycles. The van der Waals surface area contributed by atoms with Crippen LogP contribution < -0.4 is 10.6 Å². The van der Waals surface area contributed by atoms with E-state index in [0.717, 1.165) is 5.69 Å². The van der Waals surface area contributed by atoms with Crippen molar-refractivity contribution >= 4 is 21.4 Å². The summed E-state index contributed by atoms with van der Waals surface area (Å²) in [4.78, 5) is 1.90. The predicted molar refractivity (Wildman–Crippen MR) is 81.2 cm³/mol. The largest absolute Gasteiger partial charge is 0.409 e. The molecule has 0 aliphatic rings. The lowest BCUT2D eigenvalue weighted by Gasteiger charge is -2.21. The average molecular weight is 299 g/mol. The van der Waals surface area contributed by atoms with Crippen molar-refractivity contribution in [3.8, 4) is 0 Å².